The lowest BCUT2D eigenvalue weighted by atomic mass is 10.2. The van der Waals surface area contributed by atoms with E-state index < -0.39 is 21.1 Å². The first kappa shape index (κ1) is 12.6. The molecule has 5 heteroatoms. The number of Topliss-reactive ketones (excluding diaryl/α,β-unsaturated/α-hetero) is 1. The summed E-state index contributed by atoms with van der Waals surface area (Å²) in [5.74, 6) is -0.297. The average Bonchev–Trinajstić information content (AvgIpc) is 1.99. The van der Waals surface area contributed by atoms with Gasteiger partial charge in [0.1, 0.15) is 5.78 Å². The highest BCUT2D eigenvalue weighted by Crippen LogP contribution is 2.03. The second kappa shape index (κ2) is 4.72. The van der Waals surface area contributed by atoms with Crippen LogP contribution in [0, 0.1) is 0 Å². The Kier molecular flexibility index (Phi) is 4.56. The number of nitrogens with two attached hydrogens (primary N) is 1. The van der Waals surface area contributed by atoms with E-state index in [1.807, 2.05) is 0 Å². The van der Waals surface area contributed by atoms with Crippen LogP contribution in [0.4, 0.5) is 0 Å². The van der Waals surface area contributed by atoms with E-state index in [0.717, 1.165) is 0 Å². The van der Waals surface area contributed by atoms with Crippen LogP contribution in [0.1, 0.15) is 27.2 Å². The summed E-state index contributed by atoms with van der Waals surface area (Å²) in [5, 5.41) is -0.423. The maximum Gasteiger partial charge on any atom is 0.153 e. The normalized spacial score (nSPS) is 14.5. The number of carbonyl (C=O) groups is 1. The molecule has 0 rings (SSSR count). The zero-order chi connectivity index (χ0) is 10.6. The average molecular weight is 207 g/mol. The van der Waals surface area contributed by atoms with Crippen LogP contribution in [0.3, 0.4) is 0 Å². The van der Waals surface area contributed by atoms with E-state index >= 15 is 0 Å². The smallest absolute Gasteiger partial charge is 0.153 e. The summed E-state index contributed by atoms with van der Waals surface area (Å²) in [6.07, 6.45) is 0.0260. The largest absolute Gasteiger partial charge is 0.322 e. The minimum atomic E-state index is -3.10. The van der Waals surface area contributed by atoms with Gasteiger partial charge in [0.05, 0.1) is 17.0 Å². The molecule has 0 radical (unpaired) electrons. The van der Waals surface area contributed by atoms with Gasteiger partial charge in [0.25, 0.3) is 0 Å². The number of sulfone groups is 1. The number of hydrogen-bond acceptors (Lipinski definition) is 4. The van der Waals surface area contributed by atoms with E-state index in [1.165, 1.54) is 0 Å². The molecule has 0 saturated heterocycles. The van der Waals surface area contributed by atoms with Crippen molar-refractivity contribution < 1.29 is 13.2 Å². The van der Waals surface area contributed by atoms with Gasteiger partial charge >= 0.3 is 0 Å². The summed E-state index contributed by atoms with van der Waals surface area (Å²) in [5.41, 5.74) is 5.30. The molecule has 0 bridgehead atoms. The van der Waals surface area contributed by atoms with Crippen LogP contribution < -0.4 is 5.73 Å². The van der Waals surface area contributed by atoms with Crippen LogP contribution in [0.15, 0.2) is 0 Å². The van der Waals surface area contributed by atoms with E-state index in [2.05, 4.69) is 0 Å². The molecular formula is C8H17NO3S. The van der Waals surface area contributed by atoms with Gasteiger partial charge in [0, 0.05) is 6.42 Å². The molecule has 0 aliphatic rings. The predicted molar refractivity (Wildman–Crippen MR) is 52.2 cm³/mol. The maximum atomic E-state index is 11.3. The molecule has 0 saturated carbocycles. The van der Waals surface area contributed by atoms with Gasteiger partial charge in [-0.3, -0.25) is 4.79 Å². The highest BCUT2D eigenvalue weighted by atomic mass is 32.2. The van der Waals surface area contributed by atoms with Gasteiger partial charge in [-0.2, -0.15) is 0 Å². The highest BCUT2D eigenvalue weighted by molar-refractivity contribution is 7.91. The summed E-state index contributed by atoms with van der Waals surface area (Å²) in [4.78, 5) is 11.0. The van der Waals surface area contributed by atoms with Crippen LogP contribution in [0.25, 0.3) is 0 Å². The SMILES string of the molecule is CC(N)C(=O)CCS(=O)(=O)C(C)C. The Morgan fingerprint density at radius 2 is 1.77 bits per heavy atom. The zero-order valence-corrected chi connectivity index (χ0v) is 9.10. The Bertz CT molecular complexity index is 267. The molecule has 1 unspecified atom stereocenters. The van der Waals surface area contributed by atoms with E-state index in [0.29, 0.717) is 0 Å². The minimum absolute atomic E-state index is 0.0260. The highest BCUT2D eigenvalue weighted by Gasteiger charge is 2.18. The summed E-state index contributed by atoms with van der Waals surface area (Å²) in [7, 11) is -3.10. The molecule has 0 amide bonds. The Morgan fingerprint density at radius 1 is 1.31 bits per heavy atom. The molecule has 0 aliphatic carbocycles. The molecule has 2 N–H and O–H groups in total. The Hall–Kier alpha value is -0.420. The maximum absolute atomic E-state index is 11.3. The molecule has 0 aromatic heterocycles. The topological polar surface area (TPSA) is 77.2 Å². The Labute approximate surface area is 79.4 Å². The molecule has 0 heterocycles. The lowest BCUT2D eigenvalue weighted by Crippen LogP contribution is -2.29. The van der Waals surface area contributed by atoms with Gasteiger partial charge in [-0.25, -0.2) is 8.42 Å². The van der Waals surface area contributed by atoms with Crippen molar-refractivity contribution in [3.05, 3.63) is 0 Å². The fourth-order valence-corrected chi connectivity index (χ4v) is 1.66. The van der Waals surface area contributed by atoms with Crippen molar-refractivity contribution in [2.24, 2.45) is 5.73 Å². The number of carbonyl (C=O) groups excluding carboxylic acids is 1. The summed E-state index contributed by atoms with van der Waals surface area (Å²) in [6.45, 7) is 4.77. The minimum Gasteiger partial charge on any atom is -0.322 e. The molecule has 0 spiro atoms. The van der Waals surface area contributed by atoms with Gasteiger partial charge in [0.15, 0.2) is 9.84 Å². The van der Waals surface area contributed by atoms with E-state index in [1.54, 1.807) is 20.8 Å². The standard InChI is InChI=1S/C8H17NO3S/c1-6(2)13(11,12)5-4-8(10)7(3)9/h6-7H,4-5,9H2,1-3H3. The van der Waals surface area contributed by atoms with Crippen molar-refractivity contribution in [3.8, 4) is 0 Å². The molecule has 0 aromatic rings. The van der Waals surface area contributed by atoms with Crippen LogP contribution in [0.5, 0.6) is 0 Å². The fourth-order valence-electron chi connectivity index (χ4n) is 0.706. The molecular weight excluding hydrogens is 190 g/mol. The third kappa shape index (κ3) is 4.38. The molecule has 0 aromatic carbocycles. The van der Waals surface area contributed by atoms with Crippen LogP contribution in [-0.4, -0.2) is 31.2 Å². The molecule has 0 aliphatic heterocycles. The third-order valence-corrected chi connectivity index (χ3v) is 4.07. The van der Waals surface area contributed by atoms with Crippen molar-refractivity contribution >= 4 is 15.6 Å². The van der Waals surface area contributed by atoms with Gasteiger partial charge in [-0.1, -0.05) is 0 Å². The van der Waals surface area contributed by atoms with Crippen molar-refractivity contribution in [1.29, 1.82) is 0 Å². The lowest BCUT2D eigenvalue weighted by molar-refractivity contribution is -0.119. The van der Waals surface area contributed by atoms with Crippen molar-refractivity contribution in [1.82, 2.24) is 0 Å². The second-order valence-electron chi connectivity index (χ2n) is 3.42. The van der Waals surface area contributed by atoms with E-state index in [-0.39, 0.29) is 18.0 Å². The first-order chi connectivity index (χ1) is 5.77. The van der Waals surface area contributed by atoms with Crippen molar-refractivity contribution in [3.63, 3.8) is 0 Å². The first-order valence-corrected chi connectivity index (χ1v) is 5.98. The van der Waals surface area contributed by atoms with Crippen LogP contribution in [0.2, 0.25) is 0 Å². The van der Waals surface area contributed by atoms with Gasteiger partial charge in [-0.15, -0.1) is 0 Å². The molecule has 13 heavy (non-hydrogen) atoms. The molecule has 78 valence electrons. The summed E-state index contributed by atoms with van der Waals surface area (Å²) < 4.78 is 22.5. The third-order valence-electron chi connectivity index (χ3n) is 1.86. The first-order valence-electron chi connectivity index (χ1n) is 4.27. The summed E-state index contributed by atoms with van der Waals surface area (Å²) in [6, 6.07) is -0.567. The van der Waals surface area contributed by atoms with Crippen molar-refractivity contribution in [2.75, 3.05) is 5.75 Å². The predicted octanol–water partition coefficient (Wildman–Crippen LogP) is 0.116. The van der Waals surface area contributed by atoms with Crippen LogP contribution >= 0.6 is 0 Å². The Balaban J connectivity index is 4.12. The fraction of sp³-hybridized carbons (Fsp3) is 0.875. The van der Waals surface area contributed by atoms with E-state index in [9.17, 15) is 13.2 Å². The van der Waals surface area contributed by atoms with Crippen molar-refractivity contribution in [2.45, 2.75) is 38.5 Å². The zero-order valence-electron chi connectivity index (χ0n) is 8.28. The number of hydrogen-bond donors (Lipinski definition) is 1. The van der Waals surface area contributed by atoms with Gasteiger partial charge in [0.2, 0.25) is 0 Å². The molecule has 0 fully saturated rings. The monoisotopic (exact) mass is 207 g/mol. The second-order valence-corrected chi connectivity index (χ2v) is 6.10. The Morgan fingerprint density at radius 3 is 2.08 bits per heavy atom. The summed E-state index contributed by atoms with van der Waals surface area (Å²) >= 11 is 0. The molecule has 4 nitrogen and oxygen atoms in total. The van der Waals surface area contributed by atoms with Gasteiger partial charge < -0.3 is 5.73 Å². The number of rotatable bonds is 5. The molecule has 1 atom stereocenters. The quantitative estimate of drug-likeness (QED) is 0.694. The van der Waals surface area contributed by atoms with Crippen LogP contribution in [-0.2, 0) is 14.6 Å². The number of ketones is 1. The lowest BCUT2D eigenvalue weighted by Gasteiger charge is -2.07. The van der Waals surface area contributed by atoms with E-state index in [4.69, 9.17) is 5.73 Å². The van der Waals surface area contributed by atoms with Gasteiger partial charge in [-0.05, 0) is 20.8 Å².